The zero-order valence-corrected chi connectivity index (χ0v) is 16.1. The van der Waals surface area contributed by atoms with Crippen molar-refractivity contribution in [1.82, 2.24) is 0 Å². The van der Waals surface area contributed by atoms with Crippen LogP contribution < -0.4 is 19.1 Å². The van der Waals surface area contributed by atoms with E-state index >= 15 is 0 Å². The highest BCUT2D eigenvalue weighted by atomic mass is 16.5. The predicted octanol–water partition coefficient (Wildman–Crippen LogP) is 3.37. The number of hydrogen-bond acceptors (Lipinski definition) is 5. The lowest BCUT2D eigenvalue weighted by Gasteiger charge is -2.39. The van der Waals surface area contributed by atoms with Crippen LogP contribution in [0.3, 0.4) is 0 Å². The summed E-state index contributed by atoms with van der Waals surface area (Å²) >= 11 is 0. The summed E-state index contributed by atoms with van der Waals surface area (Å²) in [5.74, 6) is 0.683. The first-order valence-electron chi connectivity index (χ1n) is 8.97. The van der Waals surface area contributed by atoms with E-state index in [1.165, 1.54) is 12.1 Å². The molecular weight excluding hydrogens is 362 g/mol. The van der Waals surface area contributed by atoms with Gasteiger partial charge >= 0.3 is 5.97 Å². The molecule has 0 radical (unpaired) electrons. The van der Waals surface area contributed by atoms with Crippen molar-refractivity contribution in [2.45, 2.75) is 25.9 Å². The van der Waals surface area contributed by atoms with E-state index in [-0.39, 0.29) is 11.5 Å². The molecule has 2 aromatic carbocycles. The molecule has 7 nitrogen and oxygen atoms in total. The number of carbonyl (C=O) groups is 2. The number of carboxylic acids is 1. The van der Waals surface area contributed by atoms with Crippen LogP contribution in [0.15, 0.2) is 42.5 Å². The number of benzene rings is 2. The lowest BCUT2D eigenvalue weighted by Crippen LogP contribution is -2.53. The Labute approximate surface area is 163 Å². The SMILES string of the molecule is COc1ccc(OCCCN2C(=O)C(C)(C)Oc3ccc(C(=O)O)cc32)cc1. The summed E-state index contributed by atoms with van der Waals surface area (Å²) in [6.45, 7) is 4.19. The van der Waals surface area contributed by atoms with Crippen LogP contribution in [0, 0.1) is 0 Å². The molecule has 0 aliphatic carbocycles. The Balaban J connectivity index is 1.70. The van der Waals surface area contributed by atoms with E-state index in [1.807, 2.05) is 24.3 Å². The molecule has 3 rings (SSSR count). The van der Waals surface area contributed by atoms with E-state index in [1.54, 1.807) is 31.9 Å². The van der Waals surface area contributed by atoms with Crippen LogP contribution in [0.5, 0.6) is 17.2 Å². The Hall–Kier alpha value is -3.22. The minimum absolute atomic E-state index is 0.106. The molecule has 148 valence electrons. The monoisotopic (exact) mass is 385 g/mol. The van der Waals surface area contributed by atoms with Crippen molar-refractivity contribution < 1.29 is 28.9 Å². The van der Waals surface area contributed by atoms with Gasteiger partial charge in [-0.2, -0.15) is 0 Å². The highest BCUT2D eigenvalue weighted by molar-refractivity contribution is 6.03. The smallest absolute Gasteiger partial charge is 0.335 e. The van der Waals surface area contributed by atoms with E-state index in [2.05, 4.69) is 0 Å². The minimum atomic E-state index is -1.05. The Morgan fingerprint density at radius 2 is 1.82 bits per heavy atom. The summed E-state index contributed by atoms with van der Waals surface area (Å²) in [7, 11) is 1.60. The van der Waals surface area contributed by atoms with Crippen molar-refractivity contribution in [3.8, 4) is 17.2 Å². The molecule has 1 N–H and O–H groups in total. The third-order valence-corrected chi connectivity index (χ3v) is 4.48. The maximum atomic E-state index is 12.8. The van der Waals surface area contributed by atoms with Gasteiger partial charge in [0, 0.05) is 6.54 Å². The maximum Gasteiger partial charge on any atom is 0.335 e. The summed E-state index contributed by atoms with van der Waals surface area (Å²) in [6.07, 6.45) is 0.574. The number of aromatic carboxylic acids is 1. The second kappa shape index (κ2) is 7.80. The molecular formula is C21H23NO6. The first-order chi connectivity index (χ1) is 13.3. The van der Waals surface area contributed by atoms with Crippen LogP contribution in [0.2, 0.25) is 0 Å². The average Bonchev–Trinajstić information content (AvgIpc) is 2.67. The number of amides is 1. The molecule has 0 bridgehead atoms. The van der Waals surface area contributed by atoms with Gasteiger partial charge in [0.2, 0.25) is 0 Å². The maximum absolute atomic E-state index is 12.8. The summed E-state index contributed by atoms with van der Waals surface area (Å²) in [5.41, 5.74) is -0.447. The van der Waals surface area contributed by atoms with Gasteiger partial charge in [0.15, 0.2) is 5.60 Å². The van der Waals surface area contributed by atoms with Crippen molar-refractivity contribution in [2.24, 2.45) is 0 Å². The highest BCUT2D eigenvalue weighted by Crippen LogP contribution is 2.38. The number of carbonyl (C=O) groups excluding carboxylic acids is 1. The van der Waals surface area contributed by atoms with E-state index in [0.29, 0.717) is 36.8 Å². The Kier molecular flexibility index (Phi) is 5.44. The molecule has 0 spiro atoms. The quantitative estimate of drug-likeness (QED) is 0.736. The zero-order valence-electron chi connectivity index (χ0n) is 16.1. The number of nitrogens with zero attached hydrogens (tertiary/aromatic N) is 1. The second-order valence-corrected chi connectivity index (χ2v) is 6.93. The molecule has 0 saturated carbocycles. The van der Waals surface area contributed by atoms with E-state index in [9.17, 15) is 14.7 Å². The fourth-order valence-electron chi connectivity index (χ4n) is 3.01. The number of carboxylic acid groups (broad SMARTS) is 1. The van der Waals surface area contributed by atoms with Gasteiger partial charge in [-0.05, 0) is 62.7 Å². The molecule has 1 aliphatic rings. The molecule has 1 heterocycles. The van der Waals surface area contributed by atoms with Crippen LogP contribution in [-0.4, -0.2) is 42.8 Å². The standard InChI is InChI=1S/C21H23NO6/c1-21(2)20(25)22(17-13-14(19(23)24)5-10-18(17)28-21)11-4-12-27-16-8-6-15(26-3)7-9-16/h5-10,13H,4,11-12H2,1-3H3,(H,23,24). The van der Waals surface area contributed by atoms with Crippen LogP contribution in [0.25, 0.3) is 0 Å². The van der Waals surface area contributed by atoms with Crippen LogP contribution >= 0.6 is 0 Å². The van der Waals surface area contributed by atoms with Crippen molar-refractivity contribution in [1.29, 1.82) is 0 Å². The summed E-state index contributed by atoms with van der Waals surface area (Å²) in [5, 5.41) is 9.25. The Morgan fingerprint density at radius 3 is 2.46 bits per heavy atom. The molecule has 0 saturated heterocycles. The van der Waals surface area contributed by atoms with Gasteiger partial charge in [0.05, 0.1) is 25.0 Å². The van der Waals surface area contributed by atoms with Gasteiger partial charge in [-0.3, -0.25) is 4.79 Å². The van der Waals surface area contributed by atoms with Crippen molar-refractivity contribution in [2.75, 3.05) is 25.2 Å². The van der Waals surface area contributed by atoms with E-state index in [0.717, 1.165) is 5.75 Å². The number of rotatable bonds is 7. The Morgan fingerprint density at radius 1 is 1.14 bits per heavy atom. The molecule has 0 atom stereocenters. The van der Waals surface area contributed by atoms with Crippen LogP contribution in [0.4, 0.5) is 5.69 Å². The van der Waals surface area contributed by atoms with Crippen LogP contribution in [0.1, 0.15) is 30.6 Å². The molecule has 0 unspecified atom stereocenters. The summed E-state index contributed by atoms with van der Waals surface area (Å²) in [4.78, 5) is 25.7. The molecule has 2 aromatic rings. The first-order valence-corrected chi connectivity index (χ1v) is 8.97. The number of fused-ring (bicyclic) bond motifs is 1. The number of ether oxygens (including phenoxy) is 3. The van der Waals surface area contributed by atoms with Crippen LogP contribution in [-0.2, 0) is 4.79 Å². The fourth-order valence-corrected chi connectivity index (χ4v) is 3.01. The molecule has 28 heavy (non-hydrogen) atoms. The first kappa shape index (κ1) is 19.5. The molecule has 1 aliphatic heterocycles. The van der Waals surface area contributed by atoms with Gasteiger partial charge in [-0.15, -0.1) is 0 Å². The second-order valence-electron chi connectivity index (χ2n) is 6.93. The topological polar surface area (TPSA) is 85.3 Å². The molecule has 7 heteroatoms. The van der Waals surface area contributed by atoms with Gasteiger partial charge in [0.25, 0.3) is 5.91 Å². The highest BCUT2D eigenvalue weighted by Gasteiger charge is 2.40. The molecule has 0 fully saturated rings. The zero-order chi connectivity index (χ0) is 20.3. The van der Waals surface area contributed by atoms with Crippen molar-refractivity contribution in [3.63, 3.8) is 0 Å². The minimum Gasteiger partial charge on any atom is -0.497 e. The molecule has 0 aromatic heterocycles. The van der Waals surface area contributed by atoms with E-state index in [4.69, 9.17) is 14.2 Å². The number of anilines is 1. The average molecular weight is 385 g/mol. The fraction of sp³-hybridized carbons (Fsp3) is 0.333. The summed E-state index contributed by atoms with van der Waals surface area (Å²) < 4.78 is 16.6. The lowest BCUT2D eigenvalue weighted by atomic mass is 10.0. The molecule has 1 amide bonds. The van der Waals surface area contributed by atoms with Gasteiger partial charge in [-0.1, -0.05) is 0 Å². The van der Waals surface area contributed by atoms with E-state index < -0.39 is 11.6 Å². The largest absolute Gasteiger partial charge is 0.497 e. The van der Waals surface area contributed by atoms with Crippen molar-refractivity contribution in [3.05, 3.63) is 48.0 Å². The normalized spacial score (nSPS) is 14.8. The third-order valence-electron chi connectivity index (χ3n) is 4.48. The number of hydrogen-bond donors (Lipinski definition) is 1. The Bertz CT molecular complexity index is 875. The van der Waals surface area contributed by atoms with Gasteiger partial charge in [-0.25, -0.2) is 4.79 Å². The predicted molar refractivity (Wildman–Crippen MR) is 104 cm³/mol. The van der Waals surface area contributed by atoms with Crippen molar-refractivity contribution >= 4 is 17.6 Å². The summed E-state index contributed by atoms with van der Waals surface area (Å²) in [6, 6.07) is 11.8. The van der Waals surface area contributed by atoms with Gasteiger partial charge < -0.3 is 24.2 Å². The number of methoxy groups -OCH3 is 1. The third kappa shape index (κ3) is 4.03. The van der Waals surface area contributed by atoms with Gasteiger partial charge in [0.1, 0.15) is 17.2 Å². The lowest BCUT2D eigenvalue weighted by molar-refractivity contribution is -0.132.